The molecule has 96 valence electrons. The fourth-order valence-electron chi connectivity index (χ4n) is 2.00. The molecule has 4 heteroatoms. The minimum Gasteiger partial charge on any atom is -0.504 e. The maximum atomic E-state index is 9.95. The molecule has 0 saturated carbocycles. The van der Waals surface area contributed by atoms with E-state index >= 15 is 0 Å². The minimum atomic E-state index is 0.146. The van der Waals surface area contributed by atoms with Crippen LogP contribution in [-0.4, -0.2) is 14.7 Å². The third-order valence-corrected chi connectivity index (χ3v) is 3.11. The Labute approximate surface area is 110 Å². The van der Waals surface area contributed by atoms with Gasteiger partial charge in [-0.05, 0) is 22.9 Å². The van der Waals surface area contributed by atoms with Gasteiger partial charge < -0.3 is 14.4 Å². The Hall–Kier alpha value is -2.49. The molecule has 3 aromatic rings. The highest BCUT2D eigenvalue weighted by atomic mass is 16.5. The number of imidazole rings is 1. The lowest BCUT2D eigenvalue weighted by Crippen LogP contribution is -2.03. The second-order valence-corrected chi connectivity index (χ2v) is 4.41. The molecule has 2 aromatic carbocycles. The maximum absolute atomic E-state index is 9.95. The summed E-state index contributed by atoms with van der Waals surface area (Å²) in [5.74, 6) is 1.43. The van der Waals surface area contributed by atoms with Crippen molar-refractivity contribution in [3.05, 3.63) is 54.6 Å². The van der Waals surface area contributed by atoms with Gasteiger partial charge in [0.15, 0.2) is 11.5 Å². The molecule has 0 amide bonds. The smallest absolute Gasteiger partial charge is 0.162 e. The number of nitrogens with zero attached hydrogens (tertiary/aromatic N) is 2. The highest BCUT2D eigenvalue weighted by Crippen LogP contribution is 2.31. The number of ether oxygens (including phenoxy) is 1. The minimum absolute atomic E-state index is 0.146. The Morgan fingerprint density at radius 1 is 1.21 bits per heavy atom. The Morgan fingerprint density at radius 2 is 1.95 bits per heavy atom. The number of hydrogen-bond acceptors (Lipinski definition) is 3. The van der Waals surface area contributed by atoms with Gasteiger partial charge in [-0.25, -0.2) is 4.98 Å². The van der Waals surface area contributed by atoms with Crippen molar-refractivity contribution >= 4 is 10.8 Å². The van der Waals surface area contributed by atoms with Gasteiger partial charge in [-0.1, -0.05) is 24.3 Å². The molecule has 4 nitrogen and oxygen atoms in total. The van der Waals surface area contributed by atoms with Crippen LogP contribution in [0.3, 0.4) is 0 Å². The van der Waals surface area contributed by atoms with E-state index in [9.17, 15) is 5.11 Å². The molecule has 1 heterocycles. The quantitative estimate of drug-likeness (QED) is 0.781. The summed E-state index contributed by atoms with van der Waals surface area (Å²) in [6.07, 6.45) is 3.58. The number of aromatic nitrogens is 2. The van der Waals surface area contributed by atoms with Crippen LogP contribution in [-0.2, 0) is 13.7 Å². The van der Waals surface area contributed by atoms with Crippen LogP contribution in [0.2, 0.25) is 0 Å². The second-order valence-electron chi connectivity index (χ2n) is 4.41. The monoisotopic (exact) mass is 254 g/mol. The van der Waals surface area contributed by atoms with E-state index in [1.165, 1.54) is 0 Å². The van der Waals surface area contributed by atoms with Gasteiger partial charge in [0, 0.05) is 19.4 Å². The zero-order chi connectivity index (χ0) is 13.2. The van der Waals surface area contributed by atoms with Crippen molar-refractivity contribution < 1.29 is 9.84 Å². The van der Waals surface area contributed by atoms with E-state index in [1.54, 1.807) is 12.3 Å². The lowest BCUT2D eigenvalue weighted by molar-refractivity contribution is 0.277. The third kappa shape index (κ3) is 2.25. The van der Waals surface area contributed by atoms with Gasteiger partial charge in [0.1, 0.15) is 12.4 Å². The van der Waals surface area contributed by atoms with Crippen LogP contribution >= 0.6 is 0 Å². The van der Waals surface area contributed by atoms with Crippen LogP contribution in [0.15, 0.2) is 48.8 Å². The van der Waals surface area contributed by atoms with Crippen LogP contribution in [0, 0.1) is 0 Å². The molecule has 0 aliphatic carbocycles. The molecule has 0 aliphatic heterocycles. The van der Waals surface area contributed by atoms with Crippen LogP contribution < -0.4 is 4.74 Å². The Kier molecular flexibility index (Phi) is 2.83. The Bertz CT molecular complexity index is 719. The fourth-order valence-corrected chi connectivity index (χ4v) is 2.00. The number of phenols is 1. The van der Waals surface area contributed by atoms with E-state index in [0.29, 0.717) is 12.4 Å². The molecule has 0 bridgehead atoms. The summed E-state index contributed by atoms with van der Waals surface area (Å²) in [4.78, 5) is 4.18. The molecular formula is C15H14N2O2. The lowest BCUT2D eigenvalue weighted by atomic mass is 10.1. The first kappa shape index (κ1) is 11.6. The standard InChI is InChI=1S/C15H14N2O2/c1-17-7-6-16-15(17)10-19-14-9-12-5-3-2-4-11(12)8-13(14)18/h2-9,18H,10H2,1H3. The molecule has 0 radical (unpaired) electrons. The van der Waals surface area contributed by atoms with Crippen molar-refractivity contribution in [3.63, 3.8) is 0 Å². The predicted octanol–water partition coefficient (Wildman–Crippen LogP) is 2.86. The normalized spacial score (nSPS) is 10.8. The van der Waals surface area contributed by atoms with Crippen molar-refractivity contribution in [1.29, 1.82) is 0 Å². The van der Waals surface area contributed by atoms with Gasteiger partial charge in [-0.15, -0.1) is 0 Å². The van der Waals surface area contributed by atoms with Crippen molar-refractivity contribution in [2.75, 3.05) is 0 Å². The van der Waals surface area contributed by atoms with E-state index in [-0.39, 0.29) is 5.75 Å². The molecule has 0 spiro atoms. The number of aryl methyl sites for hydroxylation is 1. The first-order chi connectivity index (χ1) is 9.24. The first-order valence-electron chi connectivity index (χ1n) is 6.05. The molecule has 1 aromatic heterocycles. The number of aromatic hydroxyl groups is 1. The lowest BCUT2D eigenvalue weighted by Gasteiger charge is -2.09. The van der Waals surface area contributed by atoms with Crippen LogP contribution in [0.5, 0.6) is 11.5 Å². The van der Waals surface area contributed by atoms with Crippen LogP contribution in [0.4, 0.5) is 0 Å². The van der Waals surface area contributed by atoms with Crippen LogP contribution in [0.25, 0.3) is 10.8 Å². The number of hydrogen-bond donors (Lipinski definition) is 1. The maximum Gasteiger partial charge on any atom is 0.162 e. The topological polar surface area (TPSA) is 47.3 Å². The van der Waals surface area contributed by atoms with Crippen molar-refractivity contribution in [2.24, 2.45) is 7.05 Å². The molecule has 0 fully saturated rings. The highest BCUT2D eigenvalue weighted by Gasteiger charge is 2.07. The zero-order valence-corrected chi connectivity index (χ0v) is 10.6. The third-order valence-electron chi connectivity index (χ3n) is 3.11. The van der Waals surface area contributed by atoms with Crippen LogP contribution in [0.1, 0.15) is 5.82 Å². The summed E-state index contributed by atoms with van der Waals surface area (Å²) in [6, 6.07) is 11.4. The number of rotatable bonds is 3. The van der Waals surface area contributed by atoms with E-state index in [2.05, 4.69) is 4.98 Å². The van der Waals surface area contributed by atoms with Gasteiger partial charge in [-0.3, -0.25) is 0 Å². The SMILES string of the molecule is Cn1ccnc1COc1cc2ccccc2cc1O. The fraction of sp³-hybridized carbons (Fsp3) is 0.133. The second kappa shape index (κ2) is 4.65. The molecule has 0 saturated heterocycles. The van der Waals surface area contributed by atoms with Gasteiger partial charge >= 0.3 is 0 Å². The number of phenolic OH excluding ortho intramolecular Hbond substituents is 1. The predicted molar refractivity (Wildman–Crippen MR) is 73.2 cm³/mol. The van der Waals surface area contributed by atoms with Gasteiger partial charge in [0.05, 0.1) is 0 Å². The molecule has 1 N–H and O–H groups in total. The number of benzene rings is 2. The van der Waals surface area contributed by atoms with E-state index < -0.39 is 0 Å². The van der Waals surface area contributed by atoms with E-state index in [0.717, 1.165) is 16.6 Å². The average molecular weight is 254 g/mol. The van der Waals surface area contributed by atoms with E-state index in [4.69, 9.17) is 4.74 Å². The summed E-state index contributed by atoms with van der Waals surface area (Å²) in [7, 11) is 1.91. The summed E-state index contributed by atoms with van der Waals surface area (Å²) in [5, 5.41) is 12.0. The van der Waals surface area contributed by atoms with Crippen molar-refractivity contribution in [3.8, 4) is 11.5 Å². The largest absolute Gasteiger partial charge is 0.504 e. The molecule has 19 heavy (non-hydrogen) atoms. The molecule has 0 atom stereocenters. The zero-order valence-electron chi connectivity index (χ0n) is 10.6. The van der Waals surface area contributed by atoms with Gasteiger partial charge in [-0.2, -0.15) is 0 Å². The highest BCUT2D eigenvalue weighted by molar-refractivity contribution is 5.85. The van der Waals surface area contributed by atoms with Crippen molar-refractivity contribution in [1.82, 2.24) is 9.55 Å². The van der Waals surface area contributed by atoms with Crippen molar-refractivity contribution in [2.45, 2.75) is 6.61 Å². The number of fused-ring (bicyclic) bond motifs is 1. The van der Waals surface area contributed by atoms with Gasteiger partial charge in [0.25, 0.3) is 0 Å². The average Bonchev–Trinajstić information content (AvgIpc) is 2.82. The molecule has 0 unspecified atom stereocenters. The van der Waals surface area contributed by atoms with Gasteiger partial charge in [0.2, 0.25) is 0 Å². The summed E-state index contributed by atoms with van der Waals surface area (Å²) in [5.41, 5.74) is 0. The first-order valence-corrected chi connectivity index (χ1v) is 6.05. The van der Waals surface area contributed by atoms with E-state index in [1.807, 2.05) is 48.1 Å². The summed E-state index contributed by atoms with van der Waals surface area (Å²) >= 11 is 0. The Balaban J connectivity index is 1.88. The summed E-state index contributed by atoms with van der Waals surface area (Å²) in [6.45, 7) is 0.329. The molecular weight excluding hydrogens is 240 g/mol. The molecule has 0 aliphatic rings. The Morgan fingerprint density at radius 3 is 2.63 bits per heavy atom. The molecule has 3 rings (SSSR count). The summed E-state index contributed by atoms with van der Waals surface area (Å²) < 4.78 is 7.52.